The molecule has 5 heteroatoms. The lowest BCUT2D eigenvalue weighted by atomic mass is 10.3. The van der Waals surface area contributed by atoms with Gasteiger partial charge in [0.15, 0.2) is 0 Å². The molecule has 0 aliphatic rings. The molecule has 0 bridgehead atoms. The quantitative estimate of drug-likeness (QED) is 0.741. The third-order valence-corrected chi connectivity index (χ3v) is 2.19. The summed E-state index contributed by atoms with van der Waals surface area (Å²) in [4.78, 5) is 22.1. The van der Waals surface area contributed by atoms with Crippen molar-refractivity contribution in [1.82, 2.24) is 5.32 Å². The zero-order valence-corrected chi connectivity index (χ0v) is 8.30. The van der Waals surface area contributed by atoms with Crippen LogP contribution in [0.4, 0.5) is 0 Å². The van der Waals surface area contributed by atoms with Gasteiger partial charge in [-0.25, -0.2) is 4.79 Å². The summed E-state index contributed by atoms with van der Waals surface area (Å²) < 4.78 is 0. The monoisotopic (exact) mass is 211 g/mol. The molecule has 2 N–H and O–H groups in total. The normalized spacial score (nSPS) is 11.1. The molecule has 4 nitrogen and oxygen atoms in total. The van der Waals surface area contributed by atoms with Crippen molar-refractivity contribution in [2.75, 3.05) is 0 Å². The number of nitrogens with one attached hydrogen (secondary N) is 1. The molecular weight excluding hydrogens is 202 g/mol. The number of amides is 1. The molecule has 1 rings (SSSR count). The van der Waals surface area contributed by atoms with Crippen LogP contribution in [0.1, 0.15) is 11.8 Å². The van der Waals surface area contributed by atoms with E-state index in [-0.39, 0.29) is 5.70 Å². The molecule has 1 heterocycles. The summed E-state index contributed by atoms with van der Waals surface area (Å²) in [5, 5.41) is 12.8. The zero-order chi connectivity index (χ0) is 10.6. The molecule has 74 valence electrons. The van der Waals surface area contributed by atoms with E-state index in [1.54, 1.807) is 6.07 Å². The van der Waals surface area contributed by atoms with Gasteiger partial charge < -0.3 is 10.4 Å². The molecule has 1 aromatic rings. The Morgan fingerprint density at radius 1 is 1.57 bits per heavy atom. The van der Waals surface area contributed by atoms with Crippen LogP contribution < -0.4 is 5.32 Å². The molecule has 0 aliphatic carbocycles. The lowest BCUT2D eigenvalue weighted by Gasteiger charge is -2.00. The Kier molecular flexibility index (Phi) is 3.41. The van der Waals surface area contributed by atoms with Gasteiger partial charge in [0.2, 0.25) is 5.91 Å². The van der Waals surface area contributed by atoms with E-state index in [0.29, 0.717) is 0 Å². The highest BCUT2D eigenvalue weighted by atomic mass is 32.1. The Balaban J connectivity index is 2.88. The molecule has 0 radical (unpaired) electrons. The summed E-state index contributed by atoms with van der Waals surface area (Å²) in [6.45, 7) is 1.27. The molecular formula is C9H9NO3S. The van der Waals surface area contributed by atoms with Gasteiger partial charge in [0, 0.05) is 11.8 Å². The number of hydrogen-bond acceptors (Lipinski definition) is 3. The van der Waals surface area contributed by atoms with E-state index < -0.39 is 11.9 Å². The predicted octanol–water partition coefficient (Wildman–Crippen LogP) is 1.31. The van der Waals surface area contributed by atoms with Crippen molar-refractivity contribution in [1.29, 1.82) is 0 Å². The average molecular weight is 211 g/mol. The second-order valence-corrected chi connectivity index (χ2v) is 3.54. The van der Waals surface area contributed by atoms with Crippen LogP contribution in [0, 0.1) is 0 Å². The summed E-state index contributed by atoms with van der Waals surface area (Å²) in [6, 6.07) is 3.58. The molecule has 0 aliphatic heterocycles. The minimum absolute atomic E-state index is 0.111. The van der Waals surface area contributed by atoms with Crippen LogP contribution in [0.2, 0.25) is 0 Å². The van der Waals surface area contributed by atoms with Crippen molar-refractivity contribution in [3.05, 3.63) is 28.1 Å². The highest BCUT2D eigenvalue weighted by Gasteiger charge is 2.08. The smallest absolute Gasteiger partial charge is 0.352 e. The molecule has 0 fully saturated rings. The van der Waals surface area contributed by atoms with Crippen LogP contribution in [0.3, 0.4) is 0 Å². The fourth-order valence-electron chi connectivity index (χ4n) is 0.857. The van der Waals surface area contributed by atoms with Crippen LogP contribution in [0.5, 0.6) is 0 Å². The van der Waals surface area contributed by atoms with Crippen LogP contribution >= 0.6 is 11.3 Å². The first kappa shape index (κ1) is 10.5. The maximum Gasteiger partial charge on any atom is 0.352 e. The van der Waals surface area contributed by atoms with Gasteiger partial charge in [-0.15, -0.1) is 11.3 Å². The molecule has 0 atom stereocenters. The summed E-state index contributed by atoms with van der Waals surface area (Å²) in [5.74, 6) is -1.54. The Labute approximate surface area is 84.9 Å². The molecule has 0 unspecified atom stereocenters. The lowest BCUT2D eigenvalue weighted by Crippen LogP contribution is -2.24. The summed E-state index contributed by atoms with van der Waals surface area (Å²) in [7, 11) is 0. The number of aliphatic carboxylic acids is 1. The van der Waals surface area contributed by atoms with Gasteiger partial charge >= 0.3 is 5.97 Å². The summed E-state index contributed by atoms with van der Waals surface area (Å²) in [5.41, 5.74) is -0.111. The number of carboxylic acid groups (broad SMARTS) is 1. The minimum atomic E-state index is -1.14. The molecule has 0 saturated carbocycles. The van der Waals surface area contributed by atoms with Crippen LogP contribution in [-0.2, 0) is 9.59 Å². The van der Waals surface area contributed by atoms with E-state index in [2.05, 4.69) is 5.32 Å². The van der Waals surface area contributed by atoms with Crippen LogP contribution in [0.25, 0.3) is 6.08 Å². The summed E-state index contributed by atoms with van der Waals surface area (Å²) >= 11 is 1.40. The number of carbonyl (C=O) groups is 2. The number of rotatable bonds is 3. The van der Waals surface area contributed by atoms with E-state index in [9.17, 15) is 9.59 Å². The van der Waals surface area contributed by atoms with E-state index in [4.69, 9.17) is 5.11 Å². The number of carboxylic acids is 1. The van der Waals surface area contributed by atoms with Crippen molar-refractivity contribution < 1.29 is 14.7 Å². The summed E-state index contributed by atoms with van der Waals surface area (Å²) in [6.07, 6.45) is 1.42. The first-order valence-electron chi connectivity index (χ1n) is 3.85. The van der Waals surface area contributed by atoms with Crippen molar-refractivity contribution >= 4 is 29.3 Å². The first-order chi connectivity index (χ1) is 6.59. The van der Waals surface area contributed by atoms with Crippen molar-refractivity contribution in [3.8, 4) is 0 Å². The highest BCUT2D eigenvalue weighted by molar-refractivity contribution is 7.10. The zero-order valence-electron chi connectivity index (χ0n) is 7.48. The Morgan fingerprint density at radius 2 is 2.29 bits per heavy atom. The van der Waals surface area contributed by atoms with Gasteiger partial charge in [-0.05, 0) is 17.5 Å². The van der Waals surface area contributed by atoms with E-state index in [1.807, 2.05) is 11.4 Å². The fourth-order valence-corrected chi connectivity index (χ4v) is 1.51. The van der Waals surface area contributed by atoms with Gasteiger partial charge in [-0.1, -0.05) is 6.07 Å². The Morgan fingerprint density at radius 3 is 2.71 bits per heavy atom. The molecule has 0 saturated heterocycles. The van der Waals surface area contributed by atoms with Crippen LogP contribution in [-0.4, -0.2) is 17.0 Å². The SMILES string of the molecule is CC(=O)N/C(=C/c1cccs1)C(=O)O. The fraction of sp³-hybridized carbons (Fsp3) is 0.111. The second kappa shape index (κ2) is 4.57. The van der Waals surface area contributed by atoms with Gasteiger partial charge in [0.05, 0.1) is 0 Å². The van der Waals surface area contributed by atoms with E-state index in [0.717, 1.165) is 4.88 Å². The van der Waals surface area contributed by atoms with Crippen molar-refractivity contribution in [3.63, 3.8) is 0 Å². The van der Waals surface area contributed by atoms with Crippen molar-refractivity contribution in [2.24, 2.45) is 0 Å². The molecule has 0 aromatic carbocycles. The Hall–Kier alpha value is -1.62. The topological polar surface area (TPSA) is 66.4 Å². The molecule has 1 aromatic heterocycles. The molecule has 14 heavy (non-hydrogen) atoms. The molecule has 1 amide bonds. The number of hydrogen-bond donors (Lipinski definition) is 2. The highest BCUT2D eigenvalue weighted by Crippen LogP contribution is 2.12. The number of thiophene rings is 1. The van der Waals surface area contributed by atoms with Gasteiger partial charge in [-0.3, -0.25) is 4.79 Å². The van der Waals surface area contributed by atoms with Gasteiger partial charge in [0.1, 0.15) is 5.70 Å². The predicted molar refractivity (Wildman–Crippen MR) is 53.7 cm³/mol. The molecule has 0 spiro atoms. The van der Waals surface area contributed by atoms with Crippen LogP contribution in [0.15, 0.2) is 23.2 Å². The largest absolute Gasteiger partial charge is 0.477 e. The Bertz CT molecular complexity index is 367. The maximum absolute atomic E-state index is 10.7. The van der Waals surface area contributed by atoms with Crippen molar-refractivity contribution in [2.45, 2.75) is 6.92 Å². The third kappa shape index (κ3) is 3.02. The van der Waals surface area contributed by atoms with E-state index in [1.165, 1.54) is 24.3 Å². The standard InChI is InChI=1S/C9H9NO3S/c1-6(11)10-8(9(12)13)5-7-3-2-4-14-7/h2-5H,1H3,(H,10,11)(H,12,13)/b8-5+. The third-order valence-electron chi connectivity index (χ3n) is 1.37. The average Bonchev–Trinajstić information content (AvgIpc) is 2.54. The second-order valence-electron chi connectivity index (χ2n) is 2.56. The lowest BCUT2D eigenvalue weighted by molar-refractivity contribution is -0.134. The van der Waals surface area contributed by atoms with Gasteiger partial charge in [0.25, 0.3) is 0 Å². The van der Waals surface area contributed by atoms with E-state index >= 15 is 0 Å². The minimum Gasteiger partial charge on any atom is -0.477 e. The number of carbonyl (C=O) groups excluding carboxylic acids is 1. The maximum atomic E-state index is 10.7. The first-order valence-corrected chi connectivity index (χ1v) is 4.73. The van der Waals surface area contributed by atoms with Gasteiger partial charge in [-0.2, -0.15) is 0 Å².